The molecule has 0 atom stereocenters. The van der Waals surface area contributed by atoms with Crippen LogP contribution >= 0.6 is 11.6 Å². The minimum Gasteiger partial charge on any atom is -0.506 e. The Morgan fingerprint density at radius 1 is 1.50 bits per heavy atom. The van der Waals surface area contributed by atoms with Gasteiger partial charge in [-0.15, -0.1) is 0 Å². The van der Waals surface area contributed by atoms with Gasteiger partial charge in [-0.3, -0.25) is 0 Å². The second-order valence-corrected chi connectivity index (χ2v) is 3.56. The third kappa shape index (κ3) is 2.76. The lowest BCUT2D eigenvalue weighted by Gasteiger charge is -2.02. The average Bonchev–Trinajstić information content (AvgIpc) is 2.14. The molecule has 76 valence electrons. The van der Waals surface area contributed by atoms with E-state index in [0.717, 1.165) is 17.5 Å². The fourth-order valence-electron chi connectivity index (χ4n) is 1.17. The molecule has 0 unspecified atom stereocenters. The Balaban J connectivity index is 2.89. The van der Waals surface area contributed by atoms with Crippen LogP contribution in [0.25, 0.3) is 6.08 Å². The van der Waals surface area contributed by atoms with Gasteiger partial charge in [-0.1, -0.05) is 23.8 Å². The smallest absolute Gasteiger partial charge is 0.137 e. The van der Waals surface area contributed by atoms with Crippen LogP contribution in [0.5, 0.6) is 5.75 Å². The monoisotopic (exact) mass is 211 g/mol. The van der Waals surface area contributed by atoms with Crippen molar-refractivity contribution in [2.75, 3.05) is 6.54 Å². The number of phenolic OH excluding ortho intramolecular Hbond substituents is 1. The molecular weight excluding hydrogens is 198 g/mol. The Morgan fingerprint density at radius 2 is 2.21 bits per heavy atom. The highest BCUT2D eigenvalue weighted by Crippen LogP contribution is 2.28. The molecule has 0 bridgehead atoms. The molecular formula is C11H14ClNO. The molecule has 1 aromatic carbocycles. The lowest BCUT2D eigenvalue weighted by atomic mass is 10.1. The molecule has 0 radical (unpaired) electrons. The Bertz CT molecular complexity index is 324. The van der Waals surface area contributed by atoms with Gasteiger partial charge in [0.2, 0.25) is 0 Å². The van der Waals surface area contributed by atoms with Crippen molar-refractivity contribution in [2.45, 2.75) is 13.3 Å². The summed E-state index contributed by atoms with van der Waals surface area (Å²) in [4.78, 5) is 0. The molecule has 0 amide bonds. The number of benzene rings is 1. The number of hydrogen-bond donors (Lipinski definition) is 2. The summed E-state index contributed by atoms with van der Waals surface area (Å²) in [5, 5.41) is 9.81. The maximum absolute atomic E-state index is 9.43. The summed E-state index contributed by atoms with van der Waals surface area (Å²) in [7, 11) is 0. The van der Waals surface area contributed by atoms with E-state index in [9.17, 15) is 5.11 Å². The Morgan fingerprint density at radius 3 is 2.79 bits per heavy atom. The number of nitrogens with two attached hydrogens (primary N) is 1. The topological polar surface area (TPSA) is 46.2 Å². The third-order valence-corrected chi connectivity index (χ3v) is 2.21. The van der Waals surface area contributed by atoms with Crippen LogP contribution in [0.1, 0.15) is 17.5 Å². The van der Waals surface area contributed by atoms with Crippen molar-refractivity contribution >= 4 is 17.7 Å². The van der Waals surface area contributed by atoms with Crippen molar-refractivity contribution in [1.29, 1.82) is 0 Å². The average molecular weight is 212 g/mol. The number of aryl methyl sites for hydroxylation is 1. The van der Waals surface area contributed by atoms with Crippen molar-refractivity contribution in [3.63, 3.8) is 0 Å². The molecule has 1 rings (SSSR count). The second-order valence-electron chi connectivity index (χ2n) is 3.15. The highest BCUT2D eigenvalue weighted by Gasteiger charge is 2.02. The van der Waals surface area contributed by atoms with E-state index in [1.165, 1.54) is 0 Å². The summed E-state index contributed by atoms with van der Waals surface area (Å²) in [5.41, 5.74) is 7.13. The summed E-state index contributed by atoms with van der Waals surface area (Å²) in [6, 6.07) is 3.62. The standard InChI is InChI=1S/C11H14ClNO/c1-8-6-9(4-2-3-5-13)7-10(12)11(8)14/h2,4,6-7,14H,3,5,13H2,1H3. The van der Waals surface area contributed by atoms with Crippen LogP contribution in [0, 0.1) is 6.92 Å². The highest BCUT2D eigenvalue weighted by molar-refractivity contribution is 6.32. The van der Waals surface area contributed by atoms with E-state index in [-0.39, 0.29) is 5.75 Å². The number of hydrogen-bond acceptors (Lipinski definition) is 2. The van der Waals surface area contributed by atoms with Gasteiger partial charge >= 0.3 is 0 Å². The Kier molecular flexibility index (Phi) is 3.98. The SMILES string of the molecule is Cc1cc(C=CCCN)cc(Cl)c1O. The van der Waals surface area contributed by atoms with E-state index in [4.69, 9.17) is 17.3 Å². The molecule has 0 aromatic heterocycles. The van der Waals surface area contributed by atoms with Crippen molar-refractivity contribution < 1.29 is 5.11 Å². The van der Waals surface area contributed by atoms with Gasteiger partial charge in [-0.05, 0) is 43.1 Å². The molecule has 2 nitrogen and oxygen atoms in total. The van der Waals surface area contributed by atoms with Crippen molar-refractivity contribution in [3.8, 4) is 5.75 Å². The number of halogens is 1. The fraction of sp³-hybridized carbons (Fsp3) is 0.273. The van der Waals surface area contributed by atoms with Crippen LogP contribution < -0.4 is 5.73 Å². The molecule has 0 saturated heterocycles. The van der Waals surface area contributed by atoms with Crippen LogP contribution in [-0.2, 0) is 0 Å². The lowest BCUT2D eigenvalue weighted by molar-refractivity contribution is 0.471. The first-order chi connectivity index (χ1) is 6.65. The molecule has 3 N–H and O–H groups in total. The van der Waals surface area contributed by atoms with Gasteiger partial charge in [0.25, 0.3) is 0 Å². The Hall–Kier alpha value is -0.990. The minimum atomic E-state index is 0.155. The first kappa shape index (κ1) is 11.1. The molecule has 0 fully saturated rings. The van der Waals surface area contributed by atoms with Gasteiger partial charge in [0.05, 0.1) is 5.02 Å². The summed E-state index contributed by atoms with van der Waals surface area (Å²) in [6.45, 7) is 2.46. The van der Waals surface area contributed by atoms with Gasteiger partial charge in [0.15, 0.2) is 0 Å². The molecule has 0 heterocycles. The first-order valence-corrected chi connectivity index (χ1v) is 4.88. The van der Waals surface area contributed by atoms with E-state index < -0.39 is 0 Å². The summed E-state index contributed by atoms with van der Waals surface area (Å²) in [5.74, 6) is 0.155. The van der Waals surface area contributed by atoms with E-state index in [2.05, 4.69) is 0 Å². The van der Waals surface area contributed by atoms with Gasteiger partial charge in [0.1, 0.15) is 5.75 Å². The number of aromatic hydroxyl groups is 1. The molecule has 14 heavy (non-hydrogen) atoms. The van der Waals surface area contributed by atoms with Crippen LogP contribution in [0.4, 0.5) is 0 Å². The molecule has 0 aliphatic heterocycles. The molecule has 0 spiro atoms. The molecule has 0 aliphatic carbocycles. The van der Waals surface area contributed by atoms with E-state index in [0.29, 0.717) is 11.6 Å². The van der Waals surface area contributed by atoms with Crippen molar-refractivity contribution in [2.24, 2.45) is 5.73 Å². The number of rotatable bonds is 3. The predicted molar refractivity (Wildman–Crippen MR) is 60.6 cm³/mol. The van der Waals surface area contributed by atoms with Crippen molar-refractivity contribution in [1.82, 2.24) is 0 Å². The molecule has 0 aliphatic rings. The zero-order chi connectivity index (χ0) is 10.6. The van der Waals surface area contributed by atoms with Gasteiger partial charge in [-0.25, -0.2) is 0 Å². The normalized spacial score (nSPS) is 11.1. The van der Waals surface area contributed by atoms with Gasteiger partial charge in [-0.2, -0.15) is 0 Å². The summed E-state index contributed by atoms with van der Waals surface area (Å²) >= 11 is 5.82. The first-order valence-electron chi connectivity index (χ1n) is 4.51. The second kappa shape index (κ2) is 5.03. The summed E-state index contributed by atoms with van der Waals surface area (Å²) < 4.78 is 0. The van der Waals surface area contributed by atoms with Crippen LogP contribution in [0.15, 0.2) is 18.2 Å². The predicted octanol–water partition coefficient (Wildman–Crippen LogP) is 2.72. The van der Waals surface area contributed by atoms with Crippen LogP contribution in [-0.4, -0.2) is 11.7 Å². The zero-order valence-electron chi connectivity index (χ0n) is 8.13. The third-order valence-electron chi connectivity index (χ3n) is 1.92. The van der Waals surface area contributed by atoms with E-state index in [1.807, 2.05) is 25.1 Å². The largest absolute Gasteiger partial charge is 0.506 e. The van der Waals surface area contributed by atoms with Gasteiger partial charge < -0.3 is 10.8 Å². The van der Waals surface area contributed by atoms with E-state index in [1.54, 1.807) is 6.07 Å². The lowest BCUT2D eigenvalue weighted by Crippen LogP contribution is -1.94. The minimum absolute atomic E-state index is 0.155. The highest BCUT2D eigenvalue weighted by atomic mass is 35.5. The van der Waals surface area contributed by atoms with E-state index >= 15 is 0 Å². The summed E-state index contributed by atoms with van der Waals surface area (Å²) in [6.07, 6.45) is 4.78. The maximum Gasteiger partial charge on any atom is 0.137 e. The number of phenols is 1. The van der Waals surface area contributed by atoms with Gasteiger partial charge in [0, 0.05) is 0 Å². The Labute approximate surface area is 89.0 Å². The quantitative estimate of drug-likeness (QED) is 0.808. The maximum atomic E-state index is 9.43. The zero-order valence-corrected chi connectivity index (χ0v) is 8.88. The van der Waals surface area contributed by atoms with Crippen molar-refractivity contribution in [3.05, 3.63) is 34.4 Å². The molecule has 0 saturated carbocycles. The fourth-order valence-corrected chi connectivity index (χ4v) is 1.45. The van der Waals surface area contributed by atoms with Crippen LogP contribution in [0.2, 0.25) is 5.02 Å². The molecule has 3 heteroatoms. The van der Waals surface area contributed by atoms with Crippen LogP contribution in [0.3, 0.4) is 0 Å². The molecule has 1 aromatic rings.